The average molecular weight is 410 g/mol. The molecule has 2 atom stereocenters. The van der Waals surface area contributed by atoms with Crippen LogP contribution >= 0.6 is 0 Å². The Kier molecular flexibility index (Phi) is 5.42. The molecule has 8 heteroatoms. The van der Waals surface area contributed by atoms with E-state index in [1.54, 1.807) is 0 Å². The van der Waals surface area contributed by atoms with Gasteiger partial charge in [-0.3, -0.25) is 9.20 Å². The molecular formula is C20H25ClFN3O3. The van der Waals surface area contributed by atoms with E-state index < -0.39 is 17.3 Å². The van der Waals surface area contributed by atoms with Crippen molar-refractivity contribution in [3.05, 3.63) is 45.1 Å². The zero-order valence-electron chi connectivity index (χ0n) is 16.0. The van der Waals surface area contributed by atoms with Crippen molar-refractivity contribution in [2.75, 3.05) is 18.0 Å². The lowest BCUT2D eigenvalue weighted by Gasteiger charge is -2.36. The molecule has 2 aromatic heterocycles. The second kappa shape index (κ2) is 7.37. The molecule has 1 saturated heterocycles. The summed E-state index contributed by atoms with van der Waals surface area (Å²) in [5.74, 6) is -1.04. The minimum Gasteiger partial charge on any atom is -1.00 e. The van der Waals surface area contributed by atoms with Gasteiger partial charge >= 0.3 is 5.97 Å². The Morgan fingerprint density at radius 2 is 2.00 bits per heavy atom. The highest BCUT2D eigenvalue weighted by Gasteiger charge is 2.32. The number of fused-ring (bicyclic) bond motifs is 1. The molecule has 0 amide bonds. The van der Waals surface area contributed by atoms with Gasteiger partial charge in [-0.05, 0) is 49.3 Å². The van der Waals surface area contributed by atoms with Crippen molar-refractivity contribution in [2.45, 2.75) is 45.1 Å². The molecule has 2 fully saturated rings. The third kappa shape index (κ3) is 3.26. The highest BCUT2D eigenvalue weighted by Crippen LogP contribution is 2.44. The number of rotatable bonds is 3. The summed E-state index contributed by atoms with van der Waals surface area (Å²) < 4.78 is 16.3. The van der Waals surface area contributed by atoms with Crippen molar-refractivity contribution >= 4 is 17.2 Å². The Labute approximate surface area is 168 Å². The highest BCUT2D eigenvalue weighted by atomic mass is 35.5. The van der Waals surface area contributed by atoms with Crippen LogP contribution < -0.4 is 28.6 Å². The number of aryl methyl sites for hydroxylation is 1. The van der Waals surface area contributed by atoms with Gasteiger partial charge in [0.05, 0.1) is 23.9 Å². The molecule has 6 nitrogen and oxygen atoms in total. The molecule has 0 bridgehead atoms. The highest BCUT2D eigenvalue weighted by molar-refractivity contribution is 5.89. The smallest absolute Gasteiger partial charge is 0.341 e. The molecule has 0 aromatic carbocycles. The summed E-state index contributed by atoms with van der Waals surface area (Å²) in [6.07, 6.45) is 4.02. The number of carboxylic acids is 1. The van der Waals surface area contributed by atoms with Gasteiger partial charge in [0.2, 0.25) is 0 Å². The van der Waals surface area contributed by atoms with Gasteiger partial charge in [0.15, 0.2) is 5.82 Å². The number of pyridine rings is 2. The van der Waals surface area contributed by atoms with Crippen LogP contribution in [0.1, 0.15) is 53.6 Å². The number of nitrogens with zero attached hydrogens (tertiary/aromatic N) is 2. The summed E-state index contributed by atoms with van der Waals surface area (Å²) in [7, 11) is 0. The number of quaternary nitrogens is 1. The number of aromatic nitrogens is 1. The standard InChI is InChI=1S/C20H24FN3O3.ClH/c1-10-5-6-23(9-16(10)22)18-11(2)17-13(12-3-4-12)7-14(20(26)27)19(25)24(17)8-15(18)21;/h7-8,10,12,16H,3-6,9,22H2,1-2H3,(H,26,27);1H/t10-,16-;/m0./s1. The van der Waals surface area contributed by atoms with Crippen molar-refractivity contribution in [1.82, 2.24) is 4.40 Å². The lowest BCUT2D eigenvalue weighted by Crippen LogP contribution is -3.00. The topological polar surface area (TPSA) is 89.7 Å². The number of anilines is 1. The number of hydrogen-bond acceptors (Lipinski definition) is 3. The van der Waals surface area contributed by atoms with Crippen LogP contribution in [0.4, 0.5) is 10.1 Å². The fourth-order valence-electron chi connectivity index (χ4n) is 4.24. The molecule has 1 aliphatic heterocycles. The molecule has 3 heterocycles. The third-order valence-electron chi connectivity index (χ3n) is 6.12. The van der Waals surface area contributed by atoms with Crippen molar-refractivity contribution in [3.63, 3.8) is 0 Å². The normalized spacial score (nSPS) is 22.2. The monoisotopic (exact) mass is 409 g/mol. The summed E-state index contributed by atoms with van der Waals surface area (Å²) in [6, 6.07) is 1.71. The Morgan fingerprint density at radius 1 is 1.32 bits per heavy atom. The van der Waals surface area contributed by atoms with E-state index >= 15 is 4.39 Å². The Balaban J connectivity index is 0.00000225. The first-order chi connectivity index (χ1) is 12.8. The number of hydrogen-bond donors (Lipinski definition) is 2. The zero-order valence-corrected chi connectivity index (χ0v) is 16.8. The van der Waals surface area contributed by atoms with Crippen molar-refractivity contribution in [2.24, 2.45) is 5.92 Å². The molecule has 2 aliphatic rings. The van der Waals surface area contributed by atoms with Crippen molar-refractivity contribution in [3.8, 4) is 0 Å². The first-order valence-corrected chi connectivity index (χ1v) is 9.49. The van der Waals surface area contributed by atoms with Crippen LogP contribution in [0.5, 0.6) is 0 Å². The van der Waals surface area contributed by atoms with Crippen LogP contribution in [0.25, 0.3) is 5.52 Å². The number of carbonyl (C=O) groups is 1. The second-order valence-corrected chi connectivity index (χ2v) is 8.04. The van der Waals surface area contributed by atoms with Gasteiger partial charge in [-0.15, -0.1) is 0 Å². The van der Waals surface area contributed by atoms with Crippen LogP contribution in [-0.4, -0.2) is 34.6 Å². The largest absolute Gasteiger partial charge is 1.00 e. The molecule has 28 heavy (non-hydrogen) atoms. The lowest BCUT2D eigenvalue weighted by atomic mass is 9.93. The second-order valence-electron chi connectivity index (χ2n) is 8.04. The summed E-state index contributed by atoms with van der Waals surface area (Å²) in [5, 5.41) is 9.38. The van der Waals surface area contributed by atoms with E-state index in [0.717, 1.165) is 37.6 Å². The van der Waals surface area contributed by atoms with E-state index in [9.17, 15) is 14.7 Å². The van der Waals surface area contributed by atoms with Crippen molar-refractivity contribution < 1.29 is 32.4 Å². The molecule has 0 radical (unpaired) electrons. The number of aromatic carboxylic acids is 1. The lowest BCUT2D eigenvalue weighted by molar-refractivity contribution is -0.430. The predicted molar refractivity (Wildman–Crippen MR) is 100.0 cm³/mol. The minimum atomic E-state index is -1.27. The van der Waals surface area contributed by atoms with Gasteiger partial charge in [0.1, 0.15) is 11.6 Å². The molecular weight excluding hydrogens is 385 g/mol. The quantitative estimate of drug-likeness (QED) is 0.665. The van der Waals surface area contributed by atoms with Crippen LogP contribution in [0.3, 0.4) is 0 Å². The zero-order chi connectivity index (χ0) is 19.5. The molecule has 4 rings (SSSR count). The van der Waals surface area contributed by atoms with Crippen LogP contribution in [-0.2, 0) is 0 Å². The first-order valence-electron chi connectivity index (χ1n) is 9.49. The number of carboxylic acid groups (broad SMARTS) is 1. The van der Waals surface area contributed by atoms with E-state index in [4.69, 9.17) is 0 Å². The van der Waals surface area contributed by atoms with E-state index in [-0.39, 0.29) is 29.9 Å². The van der Waals surface area contributed by atoms with Crippen molar-refractivity contribution in [1.29, 1.82) is 0 Å². The molecule has 0 spiro atoms. The van der Waals surface area contributed by atoms with Crippen LogP contribution in [0.2, 0.25) is 0 Å². The summed E-state index contributed by atoms with van der Waals surface area (Å²) in [4.78, 5) is 26.2. The predicted octanol–water partition coefficient (Wildman–Crippen LogP) is -1.22. The molecule has 152 valence electrons. The maximum atomic E-state index is 15.1. The van der Waals surface area contributed by atoms with Crippen LogP contribution in [0.15, 0.2) is 17.1 Å². The number of halogens is 2. The van der Waals surface area contributed by atoms with Crippen LogP contribution in [0, 0.1) is 18.7 Å². The average Bonchev–Trinajstić information content (AvgIpc) is 3.43. The summed E-state index contributed by atoms with van der Waals surface area (Å²) >= 11 is 0. The van der Waals surface area contributed by atoms with Gasteiger partial charge in [-0.1, -0.05) is 6.92 Å². The fraction of sp³-hybridized carbons (Fsp3) is 0.500. The van der Waals surface area contributed by atoms with Gasteiger partial charge in [-0.2, -0.15) is 0 Å². The minimum absolute atomic E-state index is 0. The number of piperidine rings is 1. The van der Waals surface area contributed by atoms with Gasteiger partial charge < -0.3 is 28.1 Å². The Hall–Kier alpha value is -2.12. The first kappa shape index (κ1) is 20.6. The molecule has 0 unspecified atom stereocenters. The van der Waals surface area contributed by atoms with E-state index in [0.29, 0.717) is 29.2 Å². The summed E-state index contributed by atoms with van der Waals surface area (Å²) in [5.41, 5.74) is 5.92. The molecule has 2 aromatic rings. The Bertz CT molecular complexity index is 1000. The molecule has 1 saturated carbocycles. The summed E-state index contributed by atoms with van der Waals surface area (Å²) in [6.45, 7) is 5.41. The SMILES string of the molecule is Cc1c(N2CC[C@H](C)[C@@H]([NH3+])C2)c(F)cn2c(=O)c(C(=O)O)cc(C3CC3)c12.[Cl-]. The van der Waals surface area contributed by atoms with Gasteiger partial charge in [-0.25, -0.2) is 9.18 Å². The van der Waals surface area contributed by atoms with Gasteiger partial charge in [0, 0.05) is 12.5 Å². The van der Waals surface area contributed by atoms with E-state index in [2.05, 4.69) is 12.7 Å². The molecule has 4 N–H and O–H groups in total. The Morgan fingerprint density at radius 3 is 2.57 bits per heavy atom. The van der Waals surface area contributed by atoms with E-state index in [1.807, 2.05) is 11.8 Å². The fourth-order valence-corrected chi connectivity index (χ4v) is 4.24. The van der Waals surface area contributed by atoms with E-state index in [1.165, 1.54) is 10.5 Å². The van der Waals surface area contributed by atoms with Gasteiger partial charge in [0.25, 0.3) is 5.56 Å². The third-order valence-corrected chi connectivity index (χ3v) is 6.12. The molecule has 1 aliphatic carbocycles. The maximum absolute atomic E-state index is 15.1. The maximum Gasteiger partial charge on any atom is 0.341 e.